The molecule has 5 rings (SSSR count). The number of hydrogen-bond acceptors (Lipinski definition) is 4. The van der Waals surface area contributed by atoms with Crippen LogP contribution in [0.15, 0.2) is 59.1 Å². The predicted octanol–water partition coefficient (Wildman–Crippen LogP) is 4.34. The van der Waals surface area contributed by atoms with Gasteiger partial charge in [0.1, 0.15) is 0 Å². The lowest BCUT2D eigenvalue weighted by Crippen LogP contribution is -2.51. The van der Waals surface area contributed by atoms with Gasteiger partial charge in [-0.15, -0.1) is 0 Å². The van der Waals surface area contributed by atoms with Crippen LogP contribution in [0.25, 0.3) is 11.3 Å². The van der Waals surface area contributed by atoms with Crippen molar-refractivity contribution < 1.29 is 9.32 Å². The fraction of sp³-hybridized carbons (Fsp3) is 0.360. The van der Waals surface area contributed by atoms with Crippen LogP contribution in [0.1, 0.15) is 29.7 Å². The summed E-state index contributed by atoms with van der Waals surface area (Å²) < 4.78 is 5.58. The van der Waals surface area contributed by atoms with E-state index in [0.29, 0.717) is 0 Å². The molecule has 1 saturated heterocycles. The molecule has 2 aliphatic rings. The summed E-state index contributed by atoms with van der Waals surface area (Å²) in [4.78, 5) is 17.8. The summed E-state index contributed by atoms with van der Waals surface area (Å²) in [5.74, 6) is 0.931. The molecule has 0 bridgehead atoms. The molecule has 0 atom stereocenters. The van der Waals surface area contributed by atoms with Crippen molar-refractivity contribution in [1.29, 1.82) is 0 Å². The van der Waals surface area contributed by atoms with Crippen molar-refractivity contribution in [2.24, 2.45) is 0 Å². The summed E-state index contributed by atoms with van der Waals surface area (Å²) in [7, 11) is 0. The van der Waals surface area contributed by atoms with Crippen LogP contribution < -0.4 is 4.90 Å². The van der Waals surface area contributed by atoms with Gasteiger partial charge in [-0.1, -0.05) is 47.6 Å². The van der Waals surface area contributed by atoms with Gasteiger partial charge in [-0.3, -0.25) is 4.79 Å². The SMILES string of the molecule is Cc1ccc(C)c(N2CCN(C(=O)C3(c4cc(-c5ccccc5)on4)CC3)CC2)c1. The van der Waals surface area contributed by atoms with Crippen molar-refractivity contribution in [1.82, 2.24) is 10.1 Å². The molecule has 1 aromatic heterocycles. The summed E-state index contributed by atoms with van der Waals surface area (Å²) in [5, 5.41) is 4.29. The lowest BCUT2D eigenvalue weighted by Gasteiger charge is -2.38. The molecule has 5 nitrogen and oxygen atoms in total. The van der Waals surface area contributed by atoms with Crippen molar-refractivity contribution in [3.05, 3.63) is 71.4 Å². The standard InChI is InChI=1S/C25H27N3O2/c1-18-8-9-19(2)21(16-18)27-12-14-28(15-13-27)24(29)25(10-11-25)23-17-22(30-26-23)20-6-4-3-5-7-20/h3-9,16-17H,10-15H2,1-2H3. The fourth-order valence-electron chi connectivity index (χ4n) is 4.46. The average Bonchev–Trinajstić information content (AvgIpc) is 3.44. The van der Waals surface area contributed by atoms with Gasteiger partial charge in [0.15, 0.2) is 5.76 Å². The number of aryl methyl sites for hydroxylation is 2. The highest BCUT2D eigenvalue weighted by atomic mass is 16.5. The van der Waals surface area contributed by atoms with Gasteiger partial charge in [0, 0.05) is 43.5 Å². The largest absolute Gasteiger partial charge is 0.368 e. The molecule has 1 amide bonds. The quantitative estimate of drug-likeness (QED) is 0.653. The molecule has 1 aliphatic carbocycles. The van der Waals surface area contributed by atoms with Crippen LogP contribution in [0.5, 0.6) is 0 Å². The van der Waals surface area contributed by atoms with E-state index in [1.807, 2.05) is 41.3 Å². The Hall–Kier alpha value is -3.08. The van der Waals surface area contributed by atoms with E-state index in [-0.39, 0.29) is 5.91 Å². The minimum atomic E-state index is -0.488. The Bertz CT molecular complexity index is 1060. The van der Waals surface area contributed by atoms with E-state index in [4.69, 9.17) is 4.52 Å². The first-order valence-corrected chi connectivity index (χ1v) is 10.7. The molecule has 154 valence electrons. The number of amides is 1. The minimum absolute atomic E-state index is 0.205. The Morgan fingerprint density at radius 2 is 1.70 bits per heavy atom. The van der Waals surface area contributed by atoms with Gasteiger partial charge in [-0.25, -0.2) is 0 Å². The van der Waals surface area contributed by atoms with E-state index in [9.17, 15) is 4.79 Å². The number of rotatable bonds is 4. The van der Waals surface area contributed by atoms with Crippen LogP contribution in [0.2, 0.25) is 0 Å². The van der Waals surface area contributed by atoms with Crippen LogP contribution in [-0.4, -0.2) is 42.1 Å². The summed E-state index contributed by atoms with van der Waals surface area (Å²) in [6, 6.07) is 18.5. The lowest BCUT2D eigenvalue weighted by molar-refractivity contribution is -0.134. The molecule has 0 radical (unpaired) electrons. The van der Waals surface area contributed by atoms with Gasteiger partial charge >= 0.3 is 0 Å². The van der Waals surface area contributed by atoms with Gasteiger partial charge in [0.05, 0.1) is 11.1 Å². The first-order chi connectivity index (χ1) is 14.6. The number of aromatic nitrogens is 1. The number of hydrogen-bond donors (Lipinski definition) is 0. The Morgan fingerprint density at radius 3 is 2.40 bits per heavy atom. The van der Waals surface area contributed by atoms with E-state index in [1.54, 1.807) is 0 Å². The first-order valence-electron chi connectivity index (χ1n) is 10.7. The second kappa shape index (κ2) is 7.31. The summed E-state index contributed by atoms with van der Waals surface area (Å²) >= 11 is 0. The molecule has 0 spiro atoms. The molecular formula is C25H27N3O2. The third kappa shape index (κ3) is 3.28. The number of piperazine rings is 1. The molecule has 1 aliphatic heterocycles. The summed E-state index contributed by atoms with van der Waals surface area (Å²) in [6.07, 6.45) is 1.70. The van der Waals surface area contributed by atoms with Gasteiger partial charge < -0.3 is 14.3 Å². The van der Waals surface area contributed by atoms with Crippen LogP contribution in [0.4, 0.5) is 5.69 Å². The topological polar surface area (TPSA) is 49.6 Å². The molecule has 2 heterocycles. The molecule has 0 unspecified atom stereocenters. The second-order valence-electron chi connectivity index (χ2n) is 8.59. The van der Waals surface area contributed by atoms with E-state index in [1.165, 1.54) is 16.8 Å². The van der Waals surface area contributed by atoms with Gasteiger partial charge in [-0.2, -0.15) is 0 Å². The molecule has 3 aromatic rings. The van der Waals surface area contributed by atoms with E-state index in [2.05, 4.69) is 42.1 Å². The molecule has 5 heteroatoms. The summed E-state index contributed by atoms with van der Waals surface area (Å²) in [6.45, 7) is 7.50. The lowest BCUT2D eigenvalue weighted by atomic mass is 9.99. The number of carbonyl (C=O) groups is 1. The van der Waals surface area contributed by atoms with Crippen molar-refractivity contribution in [2.45, 2.75) is 32.1 Å². The zero-order chi connectivity index (χ0) is 20.7. The van der Waals surface area contributed by atoms with Gasteiger partial charge in [0.25, 0.3) is 0 Å². The molecule has 2 aromatic carbocycles. The van der Waals surface area contributed by atoms with Crippen molar-refractivity contribution in [3.63, 3.8) is 0 Å². The summed E-state index contributed by atoms with van der Waals surface area (Å²) in [5.41, 5.74) is 5.12. The number of anilines is 1. The third-order valence-electron chi connectivity index (χ3n) is 6.49. The van der Waals surface area contributed by atoms with E-state index in [0.717, 1.165) is 56.0 Å². The molecule has 1 saturated carbocycles. The van der Waals surface area contributed by atoms with Crippen LogP contribution in [0.3, 0.4) is 0 Å². The zero-order valence-corrected chi connectivity index (χ0v) is 17.6. The number of benzene rings is 2. The number of nitrogens with zero attached hydrogens (tertiary/aromatic N) is 3. The molecule has 0 N–H and O–H groups in total. The van der Waals surface area contributed by atoms with Crippen LogP contribution in [0, 0.1) is 13.8 Å². The fourth-order valence-corrected chi connectivity index (χ4v) is 4.46. The van der Waals surface area contributed by atoms with Crippen LogP contribution >= 0.6 is 0 Å². The molecular weight excluding hydrogens is 374 g/mol. The molecule has 30 heavy (non-hydrogen) atoms. The maximum absolute atomic E-state index is 13.4. The van der Waals surface area contributed by atoms with Gasteiger partial charge in [0.2, 0.25) is 5.91 Å². The maximum Gasteiger partial charge on any atom is 0.235 e. The number of carbonyl (C=O) groups excluding carboxylic acids is 1. The maximum atomic E-state index is 13.4. The molecule has 2 fully saturated rings. The normalized spacial score (nSPS) is 17.8. The van der Waals surface area contributed by atoms with E-state index < -0.39 is 5.41 Å². The highest BCUT2D eigenvalue weighted by Gasteiger charge is 2.55. The van der Waals surface area contributed by atoms with E-state index >= 15 is 0 Å². The van der Waals surface area contributed by atoms with Crippen molar-refractivity contribution in [3.8, 4) is 11.3 Å². The third-order valence-corrected chi connectivity index (χ3v) is 6.49. The van der Waals surface area contributed by atoms with Crippen LogP contribution in [-0.2, 0) is 10.2 Å². The van der Waals surface area contributed by atoms with Crippen molar-refractivity contribution >= 4 is 11.6 Å². The Labute approximate surface area is 177 Å². The van der Waals surface area contributed by atoms with Crippen molar-refractivity contribution in [2.75, 3.05) is 31.1 Å². The second-order valence-corrected chi connectivity index (χ2v) is 8.59. The minimum Gasteiger partial charge on any atom is -0.368 e. The monoisotopic (exact) mass is 401 g/mol. The zero-order valence-electron chi connectivity index (χ0n) is 17.6. The Balaban J connectivity index is 1.29. The first kappa shape index (κ1) is 18.9. The smallest absolute Gasteiger partial charge is 0.235 e. The highest BCUT2D eigenvalue weighted by molar-refractivity contribution is 5.91. The average molecular weight is 402 g/mol. The predicted molar refractivity (Wildman–Crippen MR) is 118 cm³/mol. The van der Waals surface area contributed by atoms with Gasteiger partial charge in [-0.05, 0) is 43.9 Å². The Morgan fingerprint density at radius 1 is 0.967 bits per heavy atom. The highest BCUT2D eigenvalue weighted by Crippen LogP contribution is 2.50. The Kier molecular flexibility index (Phi) is 4.61.